The first-order chi connectivity index (χ1) is 15.4. The molecule has 9 heteroatoms. The van der Waals surface area contributed by atoms with Crippen molar-refractivity contribution in [1.29, 1.82) is 0 Å². The van der Waals surface area contributed by atoms with Crippen molar-refractivity contribution in [2.24, 2.45) is 0 Å². The highest BCUT2D eigenvalue weighted by molar-refractivity contribution is 5.83. The molecule has 2 aromatic heterocycles. The van der Waals surface area contributed by atoms with E-state index in [2.05, 4.69) is 45.5 Å². The molecule has 0 aromatic carbocycles. The first-order valence-electron chi connectivity index (χ1n) is 12.1. The zero-order valence-electron chi connectivity index (χ0n) is 20.5. The summed E-state index contributed by atoms with van der Waals surface area (Å²) in [5.74, 6) is 0.325. The van der Waals surface area contributed by atoms with Gasteiger partial charge in [-0.15, -0.1) is 0 Å². The van der Waals surface area contributed by atoms with Gasteiger partial charge in [-0.05, 0) is 46.6 Å². The predicted molar refractivity (Wildman–Crippen MR) is 128 cm³/mol. The van der Waals surface area contributed by atoms with E-state index in [0.717, 1.165) is 38.8 Å². The van der Waals surface area contributed by atoms with E-state index < -0.39 is 0 Å². The Morgan fingerprint density at radius 3 is 2.34 bits per heavy atom. The van der Waals surface area contributed by atoms with Crippen LogP contribution in [0.2, 0.25) is 0 Å². The molecule has 1 saturated heterocycles. The molecule has 1 fully saturated rings. The number of ether oxygens (including phenoxy) is 2. The van der Waals surface area contributed by atoms with E-state index >= 15 is 0 Å². The van der Waals surface area contributed by atoms with Crippen molar-refractivity contribution in [3.8, 4) is 12.0 Å². The highest BCUT2D eigenvalue weighted by atomic mass is 16.5. The zero-order chi connectivity index (χ0) is 23.1. The van der Waals surface area contributed by atoms with Gasteiger partial charge in [-0.25, -0.2) is 0 Å². The van der Waals surface area contributed by atoms with E-state index in [-0.39, 0.29) is 6.10 Å². The normalized spacial score (nSPS) is 16.7. The van der Waals surface area contributed by atoms with Gasteiger partial charge in [0.25, 0.3) is 6.01 Å². The molecule has 32 heavy (non-hydrogen) atoms. The van der Waals surface area contributed by atoms with Crippen LogP contribution in [-0.4, -0.2) is 81.3 Å². The molecule has 1 aliphatic rings. The average molecular weight is 448 g/mol. The van der Waals surface area contributed by atoms with Gasteiger partial charge in [-0.1, -0.05) is 19.8 Å². The summed E-state index contributed by atoms with van der Waals surface area (Å²) in [5.41, 5.74) is 7.41. The lowest BCUT2D eigenvalue weighted by Crippen LogP contribution is -2.48. The molecule has 2 N–H and O–H groups in total. The Balaban J connectivity index is 1.56. The summed E-state index contributed by atoms with van der Waals surface area (Å²) in [4.78, 5) is 18.6. The lowest BCUT2D eigenvalue weighted by molar-refractivity contribution is 0.107. The number of aryl methyl sites for hydroxylation is 1. The summed E-state index contributed by atoms with van der Waals surface area (Å²) in [6.07, 6.45) is 5.38. The molecular weight excluding hydrogens is 406 g/mol. The van der Waals surface area contributed by atoms with Crippen molar-refractivity contribution in [2.45, 2.75) is 78.5 Å². The van der Waals surface area contributed by atoms with Crippen LogP contribution in [0, 0.1) is 0 Å². The molecule has 1 atom stereocenters. The van der Waals surface area contributed by atoms with Crippen LogP contribution in [0.1, 0.15) is 59.8 Å². The standard InChI is InChI=1S/C23H41N7O2/c1-6-10-18(4)32-22-26-20(24)19-21(27-22)30(23(25-19)31-5)12-9-7-8-11-28-13-15-29(16-14-28)17(2)3/h17-18H,6-16H2,1-5H3,(H2,24,26,27)/t18-/m0/s1. The zero-order valence-corrected chi connectivity index (χ0v) is 20.5. The second kappa shape index (κ2) is 11.7. The van der Waals surface area contributed by atoms with E-state index in [1.54, 1.807) is 7.11 Å². The van der Waals surface area contributed by atoms with Crippen molar-refractivity contribution in [3.05, 3.63) is 0 Å². The van der Waals surface area contributed by atoms with Gasteiger partial charge >= 0.3 is 6.01 Å². The Labute approximate surface area is 192 Å². The number of piperazine rings is 1. The highest BCUT2D eigenvalue weighted by Crippen LogP contribution is 2.26. The van der Waals surface area contributed by atoms with Gasteiger partial charge in [0, 0.05) is 38.8 Å². The number of rotatable bonds is 12. The van der Waals surface area contributed by atoms with Gasteiger partial charge < -0.3 is 20.1 Å². The van der Waals surface area contributed by atoms with Crippen molar-refractivity contribution < 1.29 is 9.47 Å². The number of hydrogen-bond acceptors (Lipinski definition) is 8. The third-order valence-electron chi connectivity index (χ3n) is 6.24. The minimum atomic E-state index is 0.0394. The van der Waals surface area contributed by atoms with E-state index in [9.17, 15) is 0 Å². The highest BCUT2D eigenvalue weighted by Gasteiger charge is 2.20. The molecule has 9 nitrogen and oxygen atoms in total. The smallest absolute Gasteiger partial charge is 0.320 e. The minimum Gasteiger partial charge on any atom is -0.468 e. The fraction of sp³-hybridized carbons (Fsp3) is 0.783. The van der Waals surface area contributed by atoms with Gasteiger partial charge in [0.15, 0.2) is 17.0 Å². The molecule has 0 radical (unpaired) electrons. The maximum absolute atomic E-state index is 6.16. The first kappa shape index (κ1) is 24.5. The largest absolute Gasteiger partial charge is 0.468 e. The Bertz CT molecular complexity index is 846. The van der Waals surface area contributed by atoms with Crippen LogP contribution >= 0.6 is 0 Å². The summed E-state index contributed by atoms with van der Waals surface area (Å²) >= 11 is 0. The van der Waals surface area contributed by atoms with Crippen LogP contribution in [0.3, 0.4) is 0 Å². The topological polar surface area (TPSA) is 94.6 Å². The third kappa shape index (κ3) is 6.22. The number of imidazole rings is 1. The SMILES string of the molecule is CCC[C@H](C)Oc1nc(N)c2nc(OC)n(CCCCCN3CCN(C(C)C)CC3)c2n1. The molecule has 0 unspecified atom stereocenters. The van der Waals surface area contributed by atoms with Crippen LogP contribution in [-0.2, 0) is 6.54 Å². The Morgan fingerprint density at radius 1 is 0.969 bits per heavy atom. The second-order valence-corrected chi connectivity index (χ2v) is 9.06. The Morgan fingerprint density at radius 2 is 1.69 bits per heavy atom. The number of hydrogen-bond donors (Lipinski definition) is 1. The van der Waals surface area contributed by atoms with Crippen molar-refractivity contribution >= 4 is 17.0 Å². The van der Waals surface area contributed by atoms with Gasteiger partial charge in [0.1, 0.15) is 0 Å². The summed E-state index contributed by atoms with van der Waals surface area (Å²) in [6.45, 7) is 15.4. The monoisotopic (exact) mass is 447 g/mol. The van der Waals surface area contributed by atoms with Crippen LogP contribution < -0.4 is 15.2 Å². The summed E-state index contributed by atoms with van der Waals surface area (Å²) < 4.78 is 13.4. The van der Waals surface area contributed by atoms with Gasteiger partial charge in [-0.3, -0.25) is 9.47 Å². The lowest BCUT2D eigenvalue weighted by atomic mass is 10.2. The number of nitrogens with zero attached hydrogens (tertiary/aromatic N) is 6. The predicted octanol–water partition coefficient (Wildman–Crippen LogP) is 3.18. The van der Waals surface area contributed by atoms with Gasteiger partial charge in [0.2, 0.25) is 0 Å². The number of methoxy groups -OCH3 is 1. The van der Waals surface area contributed by atoms with Crippen molar-refractivity contribution in [3.63, 3.8) is 0 Å². The van der Waals surface area contributed by atoms with Gasteiger partial charge in [-0.2, -0.15) is 15.0 Å². The van der Waals surface area contributed by atoms with Crippen LogP contribution in [0.15, 0.2) is 0 Å². The quantitative estimate of drug-likeness (QED) is 0.496. The molecule has 1 aliphatic heterocycles. The molecule has 0 aliphatic carbocycles. The fourth-order valence-corrected chi connectivity index (χ4v) is 4.32. The minimum absolute atomic E-state index is 0.0394. The van der Waals surface area contributed by atoms with Gasteiger partial charge in [0.05, 0.1) is 13.2 Å². The molecule has 0 spiro atoms. The van der Waals surface area contributed by atoms with Crippen LogP contribution in [0.4, 0.5) is 5.82 Å². The van der Waals surface area contributed by atoms with Crippen LogP contribution in [0.25, 0.3) is 11.2 Å². The number of fused-ring (bicyclic) bond motifs is 1. The average Bonchev–Trinajstić information content (AvgIpc) is 3.12. The molecule has 0 amide bonds. The fourth-order valence-electron chi connectivity index (χ4n) is 4.32. The first-order valence-corrected chi connectivity index (χ1v) is 12.1. The van der Waals surface area contributed by atoms with E-state index in [1.807, 2.05) is 11.5 Å². The number of nitrogen functional groups attached to an aromatic ring is 1. The maximum atomic E-state index is 6.16. The van der Waals surface area contributed by atoms with E-state index in [4.69, 9.17) is 15.2 Å². The summed E-state index contributed by atoms with van der Waals surface area (Å²) in [6, 6.07) is 1.47. The molecule has 3 heterocycles. The molecule has 2 aromatic rings. The lowest BCUT2D eigenvalue weighted by Gasteiger charge is -2.36. The third-order valence-corrected chi connectivity index (χ3v) is 6.24. The summed E-state index contributed by atoms with van der Waals surface area (Å²) in [7, 11) is 1.62. The number of anilines is 1. The maximum Gasteiger partial charge on any atom is 0.320 e. The molecule has 180 valence electrons. The number of aromatic nitrogens is 4. The van der Waals surface area contributed by atoms with E-state index in [1.165, 1.54) is 32.6 Å². The molecule has 0 saturated carbocycles. The number of unbranched alkanes of at least 4 members (excludes halogenated alkanes) is 2. The second-order valence-electron chi connectivity index (χ2n) is 9.06. The molecular formula is C23H41N7O2. The van der Waals surface area contributed by atoms with Crippen LogP contribution in [0.5, 0.6) is 12.0 Å². The molecule has 3 rings (SSSR count). The van der Waals surface area contributed by atoms with E-state index in [0.29, 0.717) is 35.0 Å². The van der Waals surface area contributed by atoms with Crippen molar-refractivity contribution in [1.82, 2.24) is 29.3 Å². The van der Waals surface area contributed by atoms with Crippen molar-refractivity contribution in [2.75, 3.05) is 45.6 Å². The molecule has 0 bridgehead atoms. The Hall–Kier alpha value is -2.13. The summed E-state index contributed by atoms with van der Waals surface area (Å²) in [5, 5.41) is 0. The number of nitrogens with two attached hydrogens (primary N) is 1. The Kier molecular flexibility index (Phi) is 8.92.